The molecule has 0 radical (unpaired) electrons. The second-order valence-electron chi connectivity index (χ2n) is 6.92. The van der Waals surface area contributed by atoms with Crippen LogP contribution < -0.4 is 11.1 Å². The number of hydrogen-bond acceptors (Lipinski definition) is 7. The first-order valence-electron chi connectivity index (χ1n) is 9.17. The van der Waals surface area contributed by atoms with Crippen LogP contribution in [0.5, 0.6) is 0 Å². The first-order chi connectivity index (χ1) is 13.1. The Hall–Kier alpha value is -2.38. The van der Waals surface area contributed by atoms with Crippen molar-refractivity contribution >= 4 is 34.6 Å². The zero-order valence-electron chi connectivity index (χ0n) is 15.6. The first kappa shape index (κ1) is 18.0. The number of likely N-dealkylation sites (tertiary alicyclic amines) is 1. The number of benzene rings is 1. The van der Waals surface area contributed by atoms with Gasteiger partial charge in [-0.25, -0.2) is 4.98 Å². The van der Waals surface area contributed by atoms with Gasteiger partial charge in [-0.2, -0.15) is 9.97 Å². The molecule has 7 heteroatoms. The van der Waals surface area contributed by atoms with Gasteiger partial charge in [-0.3, -0.25) is 0 Å². The molecule has 1 saturated heterocycles. The van der Waals surface area contributed by atoms with Gasteiger partial charge in [0.05, 0.1) is 11.1 Å². The minimum Gasteiger partial charge on any atom is -0.383 e. The summed E-state index contributed by atoms with van der Waals surface area (Å²) in [4.78, 5) is 17.4. The number of aromatic nitrogens is 3. The fourth-order valence-electron chi connectivity index (χ4n) is 3.44. The molecule has 0 amide bonds. The van der Waals surface area contributed by atoms with Crippen molar-refractivity contribution in [3.63, 3.8) is 0 Å². The predicted molar refractivity (Wildman–Crippen MR) is 113 cm³/mol. The second kappa shape index (κ2) is 7.70. The van der Waals surface area contributed by atoms with Crippen molar-refractivity contribution in [1.82, 2.24) is 19.9 Å². The number of pyridine rings is 1. The number of hydrogen-bond donors (Lipinski definition) is 2. The van der Waals surface area contributed by atoms with Gasteiger partial charge < -0.3 is 16.0 Å². The normalized spacial score (nSPS) is 15.9. The Morgan fingerprint density at radius 1 is 1.07 bits per heavy atom. The average molecular weight is 381 g/mol. The van der Waals surface area contributed by atoms with Gasteiger partial charge in [0.2, 0.25) is 5.95 Å². The maximum atomic E-state index is 6.19. The number of fused-ring (bicyclic) bond motifs is 1. The molecule has 0 atom stereocenters. The Balaban J connectivity index is 1.68. The van der Waals surface area contributed by atoms with Crippen molar-refractivity contribution in [1.29, 1.82) is 0 Å². The third-order valence-corrected chi connectivity index (χ3v) is 5.82. The summed E-state index contributed by atoms with van der Waals surface area (Å²) in [7, 11) is 2.15. The molecule has 1 fully saturated rings. The Morgan fingerprint density at radius 2 is 1.85 bits per heavy atom. The number of nitrogens with two attached hydrogens (primary N) is 1. The van der Waals surface area contributed by atoms with E-state index in [9.17, 15) is 0 Å². The summed E-state index contributed by atoms with van der Waals surface area (Å²) in [5.74, 6) is 1.03. The molecule has 1 aliphatic heterocycles. The lowest BCUT2D eigenvalue weighted by atomic mass is 10.1. The SMILES string of the molecule is CSc1ccccc1-c1ccc2c(N)nc(NC3CCN(C)CC3)nc2n1. The number of nitrogens with one attached hydrogen (secondary N) is 1. The van der Waals surface area contributed by atoms with E-state index >= 15 is 0 Å². The van der Waals surface area contributed by atoms with Crippen LogP contribution in [-0.2, 0) is 0 Å². The van der Waals surface area contributed by atoms with E-state index in [1.54, 1.807) is 11.8 Å². The lowest BCUT2D eigenvalue weighted by Gasteiger charge is -2.29. The minimum atomic E-state index is 0.374. The predicted octanol–water partition coefficient (Wildman–Crippen LogP) is 3.50. The van der Waals surface area contributed by atoms with E-state index in [2.05, 4.69) is 45.6 Å². The molecule has 6 nitrogen and oxygen atoms in total. The van der Waals surface area contributed by atoms with Crippen LogP contribution in [0.15, 0.2) is 41.3 Å². The minimum absolute atomic E-state index is 0.374. The number of nitrogen functional groups attached to an aromatic ring is 1. The van der Waals surface area contributed by atoms with Gasteiger partial charge in [0.25, 0.3) is 0 Å². The number of nitrogens with zero attached hydrogens (tertiary/aromatic N) is 4. The summed E-state index contributed by atoms with van der Waals surface area (Å²) < 4.78 is 0. The number of rotatable bonds is 4. The summed E-state index contributed by atoms with van der Waals surface area (Å²) in [5, 5.41) is 4.23. The molecule has 27 heavy (non-hydrogen) atoms. The molecule has 4 rings (SSSR count). The van der Waals surface area contributed by atoms with Gasteiger partial charge in [-0.15, -0.1) is 11.8 Å². The van der Waals surface area contributed by atoms with Gasteiger partial charge in [0.15, 0.2) is 5.65 Å². The van der Waals surface area contributed by atoms with E-state index in [4.69, 9.17) is 10.7 Å². The fraction of sp³-hybridized carbons (Fsp3) is 0.350. The highest BCUT2D eigenvalue weighted by molar-refractivity contribution is 7.98. The van der Waals surface area contributed by atoms with Crippen molar-refractivity contribution in [2.75, 3.05) is 37.4 Å². The first-order valence-corrected chi connectivity index (χ1v) is 10.4. The summed E-state index contributed by atoms with van der Waals surface area (Å²) in [6, 6.07) is 12.6. The van der Waals surface area contributed by atoms with E-state index in [1.807, 2.05) is 24.3 Å². The van der Waals surface area contributed by atoms with Gasteiger partial charge in [-0.05, 0) is 57.4 Å². The van der Waals surface area contributed by atoms with E-state index in [-0.39, 0.29) is 0 Å². The highest BCUT2D eigenvalue weighted by atomic mass is 32.2. The zero-order chi connectivity index (χ0) is 18.8. The number of thioether (sulfide) groups is 1. The molecular formula is C20H24N6S. The number of anilines is 2. The topological polar surface area (TPSA) is 80.0 Å². The Labute approximate surface area is 163 Å². The monoisotopic (exact) mass is 380 g/mol. The lowest BCUT2D eigenvalue weighted by Crippen LogP contribution is -2.37. The van der Waals surface area contributed by atoms with Crippen LogP contribution in [-0.4, -0.2) is 52.3 Å². The highest BCUT2D eigenvalue weighted by Gasteiger charge is 2.18. The van der Waals surface area contributed by atoms with Crippen LogP contribution in [0.3, 0.4) is 0 Å². The van der Waals surface area contributed by atoms with E-state index in [0.29, 0.717) is 23.5 Å². The maximum Gasteiger partial charge on any atom is 0.226 e. The van der Waals surface area contributed by atoms with Crippen LogP contribution in [0.25, 0.3) is 22.3 Å². The molecule has 0 unspecified atom stereocenters. The van der Waals surface area contributed by atoms with Crippen LogP contribution in [0, 0.1) is 0 Å². The molecule has 1 aromatic carbocycles. The third kappa shape index (κ3) is 3.84. The molecule has 3 aromatic rings. The Bertz CT molecular complexity index is 952. The molecular weight excluding hydrogens is 356 g/mol. The van der Waals surface area contributed by atoms with Crippen LogP contribution in [0.2, 0.25) is 0 Å². The molecule has 1 aliphatic rings. The Morgan fingerprint density at radius 3 is 2.63 bits per heavy atom. The van der Waals surface area contributed by atoms with Crippen molar-refractivity contribution in [2.45, 2.75) is 23.8 Å². The van der Waals surface area contributed by atoms with E-state index in [1.165, 1.54) is 4.90 Å². The van der Waals surface area contributed by atoms with E-state index in [0.717, 1.165) is 42.6 Å². The van der Waals surface area contributed by atoms with Crippen molar-refractivity contribution in [3.05, 3.63) is 36.4 Å². The van der Waals surface area contributed by atoms with Gasteiger partial charge >= 0.3 is 0 Å². The molecule has 0 bridgehead atoms. The molecule has 0 spiro atoms. The van der Waals surface area contributed by atoms with E-state index < -0.39 is 0 Å². The molecule has 140 valence electrons. The number of piperidine rings is 1. The van der Waals surface area contributed by atoms with Crippen LogP contribution >= 0.6 is 11.8 Å². The summed E-state index contributed by atoms with van der Waals surface area (Å²) in [6.45, 7) is 2.16. The molecule has 3 N–H and O–H groups in total. The zero-order valence-corrected chi connectivity index (χ0v) is 16.5. The summed E-state index contributed by atoms with van der Waals surface area (Å²) in [5.41, 5.74) is 8.82. The maximum absolute atomic E-state index is 6.19. The summed E-state index contributed by atoms with van der Waals surface area (Å²) in [6.07, 6.45) is 4.22. The largest absolute Gasteiger partial charge is 0.383 e. The third-order valence-electron chi connectivity index (χ3n) is 5.02. The lowest BCUT2D eigenvalue weighted by molar-refractivity contribution is 0.263. The molecule has 3 heterocycles. The molecule has 2 aromatic heterocycles. The average Bonchev–Trinajstić information content (AvgIpc) is 2.69. The molecule has 0 aliphatic carbocycles. The summed E-state index contributed by atoms with van der Waals surface area (Å²) >= 11 is 1.71. The Kier molecular flexibility index (Phi) is 5.13. The van der Waals surface area contributed by atoms with Crippen molar-refractivity contribution in [2.24, 2.45) is 0 Å². The van der Waals surface area contributed by atoms with Crippen molar-refractivity contribution in [3.8, 4) is 11.3 Å². The van der Waals surface area contributed by atoms with Crippen LogP contribution in [0.1, 0.15) is 12.8 Å². The van der Waals surface area contributed by atoms with Crippen molar-refractivity contribution < 1.29 is 0 Å². The second-order valence-corrected chi connectivity index (χ2v) is 7.77. The fourth-order valence-corrected chi connectivity index (χ4v) is 4.05. The standard InChI is InChI=1S/C20H24N6S/c1-26-11-9-13(10-12-26)22-20-24-18(21)15-7-8-16(23-19(15)25-20)14-5-3-4-6-17(14)27-2/h3-8,13H,9-12H2,1-2H3,(H3,21,22,23,24,25). The smallest absolute Gasteiger partial charge is 0.226 e. The van der Waals surface area contributed by atoms with Gasteiger partial charge in [0.1, 0.15) is 5.82 Å². The molecule has 0 saturated carbocycles. The van der Waals surface area contributed by atoms with Crippen LogP contribution in [0.4, 0.5) is 11.8 Å². The highest BCUT2D eigenvalue weighted by Crippen LogP contribution is 2.30. The van der Waals surface area contributed by atoms with Gasteiger partial charge in [0, 0.05) is 16.5 Å². The van der Waals surface area contributed by atoms with Gasteiger partial charge in [-0.1, -0.05) is 18.2 Å². The quantitative estimate of drug-likeness (QED) is 0.671.